The van der Waals surface area contributed by atoms with Crippen LogP contribution in [0, 0.1) is 23.3 Å². The number of fused-ring (bicyclic) bond motifs is 1. The molecule has 0 unspecified atom stereocenters. The summed E-state index contributed by atoms with van der Waals surface area (Å²) in [6.45, 7) is 2.30. The number of amides is 1. The third-order valence-electron chi connectivity index (χ3n) is 4.38. The van der Waals surface area contributed by atoms with Crippen molar-refractivity contribution in [3.63, 3.8) is 0 Å². The summed E-state index contributed by atoms with van der Waals surface area (Å²) in [6.07, 6.45) is 0. The van der Waals surface area contributed by atoms with Crippen molar-refractivity contribution in [2.45, 2.75) is 19.8 Å². The molecule has 3 aromatic rings. The summed E-state index contributed by atoms with van der Waals surface area (Å²) in [7, 11) is 0. The van der Waals surface area contributed by atoms with Crippen LogP contribution >= 0.6 is 0 Å². The maximum absolute atomic E-state index is 15.0. The van der Waals surface area contributed by atoms with Crippen LogP contribution in [0.25, 0.3) is 10.9 Å². The Morgan fingerprint density at radius 2 is 1.75 bits per heavy atom. The number of anilines is 1. The van der Waals surface area contributed by atoms with Crippen LogP contribution in [-0.2, 0) is 4.79 Å². The molecular weight excluding hydrogens is 383 g/mol. The Balaban J connectivity index is 2.39. The van der Waals surface area contributed by atoms with Gasteiger partial charge in [-0.3, -0.25) is 9.59 Å². The Bertz CT molecular complexity index is 1170. The Kier molecular flexibility index (Phi) is 4.93. The van der Waals surface area contributed by atoms with Gasteiger partial charge in [-0.05, 0) is 23.8 Å². The normalized spacial score (nSPS) is 12.2. The Morgan fingerprint density at radius 3 is 2.36 bits per heavy atom. The summed E-state index contributed by atoms with van der Waals surface area (Å²) >= 11 is 0. The molecule has 28 heavy (non-hydrogen) atoms. The molecule has 0 saturated carbocycles. The zero-order chi connectivity index (χ0) is 20.7. The Morgan fingerprint density at radius 1 is 1.07 bits per heavy atom. The van der Waals surface area contributed by atoms with Gasteiger partial charge in [0.05, 0.1) is 5.52 Å². The lowest BCUT2D eigenvalue weighted by Crippen LogP contribution is -2.24. The number of halogens is 5. The van der Waals surface area contributed by atoms with Crippen molar-refractivity contribution in [2.75, 3.05) is 5.32 Å². The number of rotatable bonds is 3. The minimum atomic E-state index is -1.47. The second-order valence-corrected chi connectivity index (χ2v) is 6.20. The van der Waals surface area contributed by atoms with Crippen molar-refractivity contribution in [3.05, 3.63) is 75.1 Å². The van der Waals surface area contributed by atoms with Crippen molar-refractivity contribution < 1.29 is 26.8 Å². The second kappa shape index (κ2) is 7.06. The third kappa shape index (κ3) is 3.12. The molecule has 1 aromatic heterocycles. The molecule has 1 heterocycles. The number of nitrogens with one attached hydrogen (secondary N) is 1. The van der Waals surface area contributed by atoms with E-state index in [-0.39, 0.29) is 5.56 Å². The van der Waals surface area contributed by atoms with Gasteiger partial charge in [0.1, 0.15) is 23.1 Å². The van der Waals surface area contributed by atoms with Gasteiger partial charge in [0.15, 0.2) is 5.82 Å². The first-order chi connectivity index (χ1) is 13.1. The quantitative estimate of drug-likeness (QED) is 0.668. The van der Waals surface area contributed by atoms with E-state index in [4.69, 9.17) is 0 Å². The van der Waals surface area contributed by atoms with E-state index in [1.54, 1.807) is 0 Å². The van der Waals surface area contributed by atoms with E-state index >= 15 is 4.39 Å². The predicted octanol–water partition coefficient (Wildman–Crippen LogP) is 4.40. The molecule has 2 aromatic carbocycles. The summed E-state index contributed by atoms with van der Waals surface area (Å²) in [5.74, 6) is -6.21. The van der Waals surface area contributed by atoms with Gasteiger partial charge in [0.25, 0.3) is 0 Å². The van der Waals surface area contributed by atoms with E-state index in [9.17, 15) is 27.2 Å². The average molecular weight is 396 g/mol. The molecule has 1 atom stereocenters. The van der Waals surface area contributed by atoms with Gasteiger partial charge in [-0.15, -0.1) is 4.79 Å². The molecule has 0 radical (unpaired) electrons. The van der Waals surface area contributed by atoms with Gasteiger partial charge >= 0.3 is 5.56 Å². The summed E-state index contributed by atoms with van der Waals surface area (Å²) in [6, 6.07) is 4.25. The number of aromatic nitrogens is 1. The maximum Gasteiger partial charge on any atom is 0.305 e. The number of hydrogen-bond acceptors (Lipinski definition) is 2. The minimum Gasteiger partial charge on any atom is -0.319 e. The van der Waals surface area contributed by atoms with Crippen molar-refractivity contribution in [1.82, 2.24) is 4.79 Å². The molecule has 1 N–H and O–H groups in total. The molecule has 0 fully saturated rings. The van der Waals surface area contributed by atoms with Crippen LogP contribution in [0.15, 0.2) is 35.1 Å². The highest BCUT2D eigenvalue weighted by Crippen LogP contribution is 2.36. The van der Waals surface area contributed by atoms with Gasteiger partial charge in [-0.25, -0.2) is 17.6 Å². The van der Waals surface area contributed by atoms with Gasteiger partial charge in [0, 0.05) is 29.9 Å². The lowest BCUT2D eigenvalue weighted by Gasteiger charge is -2.19. The van der Waals surface area contributed by atoms with Crippen LogP contribution < -0.4 is 10.9 Å². The third-order valence-corrected chi connectivity index (χ3v) is 4.38. The van der Waals surface area contributed by atoms with Crippen LogP contribution in [0.2, 0.25) is 0 Å². The van der Waals surface area contributed by atoms with Crippen molar-refractivity contribution in [3.8, 4) is 0 Å². The largest absolute Gasteiger partial charge is 0.319 e. The highest BCUT2D eigenvalue weighted by Gasteiger charge is 2.26. The number of hydrogen-bond donors (Lipinski definition) is 1. The molecule has 0 spiro atoms. The van der Waals surface area contributed by atoms with Crippen molar-refractivity contribution >= 4 is 22.5 Å². The highest BCUT2D eigenvalue weighted by molar-refractivity contribution is 5.93. The molecule has 0 aliphatic rings. The smallest absolute Gasteiger partial charge is 0.305 e. The lowest BCUT2D eigenvalue weighted by molar-refractivity contribution is -0.114. The average Bonchev–Trinajstić information content (AvgIpc) is 2.62. The summed E-state index contributed by atoms with van der Waals surface area (Å²) in [4.78, 5) is 22.8. The molecule has 0 saturated heterocycles. The van der Waals surface area contributed by atoms with E-state index in [1.165, 1.54) is 6.92 Å². The first kappa shape index (κ1) is 19.5. The van der Waals surface area contributed by atoms with E-state index < -0.39 is 67.6 Å². The lowest BCUT2D eigenvalue weighted by atomic mass is 9.89. The molecule has 3 rings (SSSR count). The van der Waals surface area contributed by atoms with Crippen LogP contribution in [0.4, 0.5) is 27.7 Å². The molecule has 0 aliphatic carbocycles. The number of nitrogens with zero attached hydrogens (tertiary/aromatic N) is 1. The minimum absolute atomic E-state index is 0.162. The summed E-state index contributed by atoms with van der Waals surface area (Å²) in [5.41, 5.74) is -3.68. The zero-order valence-electron chi connectivity index (χ0n) is 14.6. The van der Waals surface area contributed by atoms with E-state index in [0.29, 0.717) is 6.07 Å². The molecular formula is C19H13F5N2O2. The first-order valence-electron chi connectivity index (χ1n) is 8.08. The standard InChI is InChI=1S/C19H13F5N2O2/c1-8(11-4-3-10(20)7-13(11)22)15-12(21)5-6-14-16(15)17(23)18(25-9(2)27)19(28)26(14)24/h3-8H,1-2H3,(H,25,27)/t8-/m0/s1. The number of pyridine rings is 1. The molecule has 9 heteroatoms. The highest BCUT2D eigenvalue weighted by atomic mass is 19.2. The van der Waals surface area contributed by atoms with Crippen LogP contribution in [0.1, 0.15) is 30.9 Å². The fourth-order valence-corrected chi connectivity index (χ4v) is 3.12. The van der Waals surface area contributed by atoms with E-state index in [2.05, 4.69) is 0 Å². The van der Waals surface area contributed by atoms with Gasteiger partial charge in [-0.2, -0.15) is 0 Å². The Labute approximate surface area is 155 Å². The topological polar surface area (TPSA) is 51.1 Å². The van der Waals surface area contributed by atoms with Gasteiger partial charge in [0.2, 0.25) is 5.91 Å². The summed E-state index contributed by atoms with van der Waals surface area (Å²) in [5, 5.41) is 1.25. The van der Waals surface area contributed by atoms with Crippen LogP contribution in [-0.4, -0.2) is 10.7 Å². The molecule has 0 bridgehead atoms. The molecule has 0 aliphatic heterocycles. The van der Waals surface area contributed by atoms with Crippen molar-refractivity contribution in [1.29, 1.82) is 0 Å². The zero-order valence-corrected chi connectivity index (χ0v) is 14.6. The number of carbonyl (C=O) groups excluding carboxylic acids is 1. The van der Waals surface area contributed by atoms with Crippen LogP contribution in [0.5, 0.6) is 0 Å². The van der Waals surface area contributed by atoms with Crippen molar-refractivity contribution in [2.24, 2.45) is 0 Å². The Hall–Kier alpha value is -3.23. The van der Waals surface area contributed by atoms with Crippen LogP contribution in [0.3, 0.4) is 0 Å². The van der Waals surface area contributed by atoms with Gasteiger partial charge < -0.3 is 5.32 Å². The first-order valence-corrected chi connectivity index (χ1v) is 8.08. The predicted molar refractivity (Wildman–Crippen MR) is 92.8 cm³/mol. The molecule has 4 nitrogen and oxygen atoms in total. The van der Waals surface area contributed by atoms with E-state index in [1.807, 2.05) is 5.32 Å². The van der Waals surface area contributed by atoms with Gasteiger partial charge in [-0.1, -0.05) is 17.5 Å². The maximum atomic E-state index is 15.0. The monoisotopic (exact) mass is 396 g/mol. The van der Waals surface area contributed by atoms with E-state index in [0.717, 1.165) is 31.2 Å². The molecule has 1 amide bonds. The molecule has 146 valence electrons. The fraction of sp³-hybridized carbons (Fsp3) is 0.158. The number of carbonyl (C=O) groups is 1. The second-order valence-electron chi connectivity index (χ2n) is 6.20. The fourth-order valence-electron chi connectivity index (χ4n) is 3.12. The summed E-state index contributed by atoms with van der Waals surface area (Å²) < 4.78 is 71.4. The SMILES string of the molecule is CC(=O)Nc1c(F)c2c([C@@H](C)c3ccc(F)cc3F)c(F)ccc2n(F)c1=O. The number of benzene rings is 2.